The van der Waals surface area contributed by atoms with Gasteiger partial charge in [0.05, 0.1) is 5.56 Å². The van der Waals surface area contributed by atoms with Crippen LogP contribution in [0.4, 0.5) is 0 Å². The van der Waals surface area contributed by atoms with Crippen LogP contribution in [0.25, 0.3) is 0 Å². The first-order chi connectivity index (χ1) is 6.53. The lowest BCUT2D eigenvalue weighted by Crippen LogP contribution is -2.22. The van der Waals surface area contributed by atoms with E-state index in [0.717, 1.165) is 12.8 Å². The van der Waals surface area contributed by atoms with Gasteiger partial charge in [0.2, 0.25) is 0 Å². The lowest BCUT2D eigenvalue weighted by Gasteiger charge is -2.12. The van der Waals surface area contributed by atoms with Gasteiger partial charge in [-0.1, -0.05) is 6.07 Å². The second-order valence-electron chi connectivity index (χ2n) is 3.69. The van der Waals surface area contributed by atoms with Gasteiger partial charge in [-0.25, -0.2) is 4.79 Å². The van der Waals surface area contributed by atoms with Crippen LogP contribution in [0.2, 0.25) is 0 Å². The van der Waals surface area contributed by atoms with Crippen molar-refractivity contribution in [3.8, 4) is 5.75 Å². The van der Waals surface area contributed by atoms with Gasteiger partial charge in [0.15, 0.2) is 0 Å². The monoisotopic (exact) mass is 193 g/mol. The summed E-state index contributed by atoms with van der Waals surface area (Å²) in [5.41, 5.74) is 6.14. The maximum absolute atomic E-state index is 10.9. The van der Waals surface area contributed by atoms with Crippen molar-refractivity contribution in [2.24, 2.45) is 5.73 Å². The molecule has 74 valence electrons. The first-order valence-electron chi connectivity index (χ1n) is 4.39. The number of carboxylic acids is 1. The Kier molecular flexibility index (Phi) is 1.75. The van der Waals surface area contributed by atoms with Gasteiger partial charge >= 0.3 is 5.97 Å². The summed E-state index contributed by atoms with van der Waals surface area (Å²) in [4.78, 5) is 10.9. The van der Waals surface area contributed by atoms with Crippen LogP contribution in [0.15, 0.2) is 18.2 Å². The van der Waals surface area contributed by atoms with Gasteiger partial charge in [-0.15, -0.1) is 0 Å². The highest BCUT2D eigenvalue weighted by Gasteiger charge is 2.42. The smallest absolute Gasteiger partial charge is 0.336 e. The maximum atomic E-state index is 10.9. The quantitative estimate of drug-likeness (QED) is 0.655. The molecule has 1 aliphatic carbocycles. The van der Waals surface area contributed by atoms with E-state index in [1.54, 1.807) is 6.07 Å². The van der Waals surface area contributed by atoms with Gasteiger partial charge in [0.1, 0.15) is 5.75 Å². The van der Waals surface area contributed by atoms with Crippen molar-refractivity contribution in [2.45, 2.75) is 18.4 Å². The fraction of sp³-hybridized carbons (Fsp3) is 0.300. The van der Waals surface area contributed by atoms with Crippen LogP contribution in [0, 0.1) is 0 Å². The van der Waals surface area contributed by atoms with Crippen LogP contribution in [0.5, 0.6) is 5.75 Å². The summed E-state index contributed by atoms with van der Waals surface area (Å²) in [6.07, 6.45) is 1.61. The third-order valence-electron chi connectivity index (χ3n) is 2.56. The Hall–Kier alpha value is -1.55. The van der Waals surface area contributed by atoms with Crippen molar-refractivity contribution >= 4 is 5.97 Å². The zero-order chi connectivity index (χ0) is 10.3. The molecule has 0 aromatic heterocycles. The SMILES string of the molecule is NC1(c2ccc(O)cc2C(=O)O)CC1. The van der Waals surface area contributed by atoms with Crippen LogP contribution in [-0.2, 0) is 5.54 Å². The molecule has 1 aliphatic rings. The number of phenolic OH excluding ortho intramolecular Hbond substituents is 1. The van der Waals surface area contributed by atoms with Crippen LogP contribution < -0.4 is 5.73 Å². The Morgan fingerprint density at radius 2 is 2.07 bits per heavy atom. The zero-order valence-corrected chi connectivity index (χ0v) is 7.53. The number of aromatic carboxylic acids is 1. The maximum Gasteiger partial charge on any atom is 0.336 e. The molecule has 1 aromatic carbocycles. The van der Waals surface area contributed by atoms with Crippen LogP contribution in [-0.4, -0.2) is 16.2 Å². The molecule has 2 rings (SSSR count). The normalized spacial score (nSPS) is 17.8. The molecular formula is C10H11NO3. The summed E-state index contributed by atoms with van der Waals surface area (Å²) in [7, 11) is 0. The number of carbonyl (C=O) groups is 1. The number of phenols is 1. The highest BCUT2D eigenvalue weighted by Crippen LogP contribution is 2.44. The predicted octanol–water partition coefficient (Wildman–Crippen LogP) is 1.04. The molecule has 1 aromatic rings. The van der Waals surface area contributed by atoms with Crippen molar-refractivity contribution in [3.05, 3.63) is 29.3 Å². The van der Waals surface area contributed by atoms with Gasteiger partial charge in [-0.2, -0.15) is 0 Å². The Bertz CT molecular complexity index is 396. The minimum atomic E-state index is -1.05. The number of aromatic hydroxyl groups is 1. The summed E-state index contributed by atoms with van der Waals surface area (Å²) < 4.78 is 0. The van der Waals surface area contributed by atoms with E-state index in [-0.39, 0.29) is 11.3 Å². The van der Waals surface area contributed by atoms with E-state index in [9.17, 15) is 4.79 Å². The topological polar surface area (TPSA) is 83.5 Å². The summed E-state index contributed by atoms with van der Waals surface area (Å²) >= 11 is 0. The minimum Gasteiger partial charge on any atom is -0.508 e. The van der Waals surface area contributed by atoms with Crippen molar-refractivity contribution < 1.29 is 15.0 Å². The standard InChI is InChI=1S/C10H11NO3/c11-10(3-4-10)8-2-1-6(12)5-7(8)9(13)14/h1-2,5,12H,3-4,11H2,(H,13,14). The summed E-state index contributed by atoms with van der Waals surface area (Å²) in [5.74, 6) is -1.09. The van der Waals surface area contributed by atoms with Crippen molar-refractivity contribution in [1.82, 2.24) is 0 Å². The van der Waals surface area contributed by atoms with Crippen LogP contribution in [0.3, 0.4) is 0 Å². The third-order valence-corrected chi connectivity index (χ3v) is 2.56. The van der Waals surface area contributed by atoms with Gasteiger partial charge in [0.25, 0.3) is 0 Å². The number of nitrogens with two attached hydrogens (primary N) is 1. The third kappa shape index (κ3) is 1.33. The molecular weight excluding hydrogens is 182 g/mol. The first-order valence-corrected chi connectivity index (χ1v) is 4.39. The number of carboxylic acid groups (broad SMARTS) is 1. The Balaban J connectivity index is 2.54. The Morgan fingerprint density at radius 1 is 1.43 bits per heavy atom. The lowest BCUT2D eigenvalue weighted by atomic mass is 9.99. The van der Waals surface area contributed by atoms with E-state index in [4.69, 9.17) is 15.9 Å². The summed E-state index contributed by atoms with van der Waals surface area (Å²) in [6.45, 7) is 0. The molecule has 0 saturated heterocycles. The summed E-state index contributed by atoms with van der Waals surface area (Å²) in [5, 5.41) is 18.1. The van der Waals surface area contributed by atoms with E-state index in [1.165, 1.54) is 12.1 Å². The highest BCUT2D eigenvalue weighted by molar-refractivity contribution is 5.90. The molecule has 0 radical (unpaired) electrons. The van der Waals surface area contributed by atoms with E-state index >= 15 is 0 Å². The molecule has 4 heteroatoms. The average molecular weight is 193 g/mol. The summed E-state index contributed by atoms with van der Waals surface area (Å²) in [6, 6.07) is 4.30. The fourth-order valence-electron chi connectivity index (χ4n) is 1.55. The Labute approximate surface area is 81.0 Å². The van der Waals surface area contributed by atoms with Gasteiger partial charge in [0, 0.05) is 5.54 Å². The van der Waals surface area contributed by atoms with Crippen molar-refractivity contribution in [3.63, 3.8) is 0 Å². The fourth-order valence-corrected chi connectivity index (χ4v) is 1.55. The predicted molar refractivity (Wildman–Crippen MR) is 50.2 cm³/mol. The molecule has 0 amide bonds. The molecule has 0 atom stereocenters. The van der Waals surface area contributed by atoms with E-state index < -0.39 is 11.5 Å². The molecule has 0 unspecified atom stereocenters. The van der Waals surface area contributed by atoms with E-state index in [2.05, 4.69) is 0 Å². The molecule has 1 saturated carbocycles. The lowest BCUT2D eigenvalue weighted by molar-refractivity contribution is 0.0694. The van der Waals surface area contributed by atoms with Gasteiger partial charge in [-0.05, 0) is 30.5 Å². The van der Waals surface area contributed by atoms with Crippen LogP contribution in [0.1, 0.15) is 28.8 Å². The number of hydrogen-bond acceptors (Lipinski definition) is 3. The zero-order valence-electron chi connectivity index (χ0n) is 7.53. The largest absolute Gasteiger partial charge is 0.508 e. The molecule has 0 aliphatic heterocycles. The highest BCUT2D eigenvalue weighted by atomic mass is 16.4. The number of hydrogen-bond donors (Lipinski definition) is 3. The van der Waals surface area contributed by atoms with Gasteiger partial charge < -0.3 is 15.9 Å². The number of rotatable bonds is 2. The van der Waals surface area contributed by atoms with E-state index in [0.29, 0.717) is 5.56 Å². The van der Waals surface area contributed by atoms with E-state index in [1.807, 2.05) is 0 Å². The molecule has 14 heavy (non-hydrogen) atoms. The van der Waals surface area contributed by atoms with Crippen LogP contribution >= 0.6 is 0 Å². The van der Waals surface area contributed by atoms with Crippen molar-refractivity contribution in [1.29, 1.82) is 0 Å². The molecule has 4 nitrogen and oxygen atoms in total. The van der Waals surface area contributed by atoms with Gasteiger partial charge in [-0.3, -0.25) is 0 Å². The molecule has 0 heterocycles. The second-order valence-corrected chi connectivity index (χ2v) is 3.69. The molecule has 0 bridgehead atoms. The Morgan fingerprint density at radius 3 is 2.57 bits per heavy atom. The average Bonchev–Trinajstić information content (AvgIpc) is 2.84. The second kappa shape index (κ2) is 2.72. The number of benzene rings is 1. The minimum absolute atomic E-state index is 0.0459. The first kappa shape index (κ1) is 9.02. The van der Waals surface area contributed by atoms with Crippen molar-refractivity contribution in [2.75, 3.05) is 0 Å². The molecule has 0 spiro atoms. The molecule has 4 N–H and O–H groups in total. The molecule has 1 fully saturated rings.